The molecule has 0 bridgehead atoms. The largest absolute Gasteiger partial charge is 0.508 e. The molecule has 0 saturated heterocycles. The molecule has 5 unspecified atom stereocenters. The summed E-state index contributed by atoms with van der Waals surface area (Å²) in [5.41, 5.74) is 6.67. The number of phenolic OH excluding ortho intramolecular Hbond substituents is 1. The van der Waals surface area contributed by atoms with Gasteiger partial charge < -0.3 is 37.0 Å². The van der Waals surface area contributed by atoms with Gasteiger partial charge in [0.05, 0.1) is 6.04 Å². The zero-order chi connectivity index (χ0) is 28.8. The van der Waals surface area contributed by atoms with Crippen LogP contribution in [-0.4, -0.2) is 81.2 Å². The van der Waals surface area contributed by atoms with E-state index in [0.29, 0.717) is 17.7 Å². The maximum absolute atomic E-state index is 13.3. The van der Waals surface area contributed by atoms with Crippen molar-refractivity contribution in [2.24, 2.45) is 11.7 Å². The van der Waals surface area contributed by atoms with Gasteiger partial charge in [-0.2, -0.15) is 11.8 Å². The van der Waals surface area contributed by atoms with E-state index >= 15 is 0 Å². The maximum Gasteiger partial charge on any atom is 0.326 e. The highest BCUT2D eigenvalue weighted by Gasteiger charge is 2.31. The van der Waals surface area contributed by atoms with E-state index in [-0.39, 0.29) is 30.9 Å². The molecule has 38 heavy (non-hydrogen) atoms. The Morgan fingerprint density at radius 2 is 1.45 bits per heavy atom. The van der Waals surface area contributed by atoms with E-state index in [1.54, 1.807) is 18.4 Å². The summed E-state index contributed by atoms with van der Waals surface area (Å²) in [6.45, 7) is 3.69. The molecule has 0 aliphatic rings. The molecule has 0 heterocycles. The van der Waals surface area contributed by atoms with Crippen LogP contribution in [0.4, 0.5) is 0 Å². The van der Waals surface area contributed by atoms with Gasteiger partial charge in [-0.1, -0.05) is 32.4 Å². The Morgan fingerprint density at radius 3 is 1.97 bits per heavy atom. The van der Waals surface area contributed by atoms with Crippen molar-refractivity contribution in [2.75, 3.05) is 12.0 Å². The van der Waals surface area contributed by atoms with E-state index in [9.17, 15) is 34.2 Å². The second-order valence-corrected chi connectivity index (χ2v) is 10.0. The Kier molecular flexibility index (Phi) is 14.2. The van der Waals surface area contributed by atoms with Crippen LogP contribution in [0, 0.1) is 5.92 Å². The third-order valence-corrected chi connectivity index (χ3v) is 6.72. The number of nitrogens with two attached hydrogens (primary N) is 1. The van der Waals surface area contributed by atoms with Crippen LogP contribution in [0.15, 0.2) is 24.3 Å². The fourth-order valence-electron chi connectivity index (χ4n) is 3.43. The molecule has 1 rings (SSSR count). The van der Waals surface area contributed by atoms with E-state index in [2.05, 4.69) is 16.0 Å². The van der Waals surface area contributed by atoms with Gasteiger partial charge in [-0.25, -0.2) is 4.79 Å². The average Bonchev–Trinajstić information content (AvgIpc) is 2.87. The molecular weight excluding hydrogens is 516 g/mol. The smallest absolute Gasteiger partial charge is 0.326 e. The summed E-state index contributed by atoms with van der Waals surface area (Å²) in [6.07, 6.45) is 1.86. The number of hydrogen-bond donors (Lipinski definition) is 7. The summed E-state index contributed by atoms with van der Waals surface area (Å²) >= 11 is 1.41. The van der Waals surface area contributed by atoms with Crippen molar-refractivity contribution in [1.82, 2.24) is 16.0 Å². The molecule has 0 aromatic heterocycles. The van der Waals surface area contributed by atoms with E-state index in [0.717, 1.165) is 0 Å². The van der Waals surface area contributed by atoms with Gasteiger partial charge in [-0.3, -0.25) is 19.2 Å². The Morgan fingerprint density at radius 1 is 0.895 bits per heavy atom. The average molecular weight is 555 g/mol. The molecule has 0 aliphatic carbocycles. The van der Waals surface area contributed by atoms with Crippen molar-refractivity contribution < 1.29 is 39.3 Å². The predicted molar refractivity (Wildman–Crippen MR) is 143 cm³/mol. The van der Waals surface area contributed by atoms with Crippen molar-refractivity contribution >= 4 is 41.4 Å². The summed E-state index contributed by atoms with van der Waals surface area (Å²) < 4.78 is 0. The maximum atomic E-state index is 13.3. The first kappa shape index (κ1) is 32.7. The van der Waals surface area contributed by atoms with Crippen LogP contribution in [-0.2, 0) is 30.4 Å². The molecule has 12 nitrogen and oxygen atoms in total. The zero-order valence-corrected chi connectivity index (χ0v) is 22.6. The minimum atomic E-state index is -1.45. The first-order chi connectivity index (χ1) is 17.9. The third kappa shape index (κ3) is 11.4. The zero-order valence-electron chi connectivity index (χ0n) is 21.8. The molecule has 1 aromatic rings. The predicted octanol–water partition coefficient (Wildman–Crippen LogP) is 0.465. The van der Waals surface area contributed by atoms with Crippen molar-refractivity contribution in [3.05, 3.63) is 29.8 Å². The first-order valence-electron chi connectivity index (χ1n) is 12.3. The van der Waals surface area contributed by atoms with Crippen LogP contribution in [0.2, 0.25) is 0 Å². The van der Waals surface area contributed by atoms with Crippen LogP contribution >= 0.6 is 11.8 Å². The summed E-state index contributed by atoms with van der Waals surface area (Å²) in [6, 6.07) is 1.49. The van der Waals surface area contributed by atoms with E-state index in [1.807, 2.05) is 13.8 Å². The fraction of sp³-hybridized carbons (Fsp3) is 0.560. The van der Waals surface area contributed by atoms with Crippen molar-refractivity contribution in [2.45, 2.75) is 70.1 Å². The fourth-order valence-corrected chi connectivity index (χ4v) is 3.90. The highest BCUT2D eigenvalue weighted by molar-refractivity contribution is 7.98. The van der Waals surface area contributed by atoms with Gasteiger partial charge in [0, 0.05) is 12.8 Å². The molecule has 0 radical (unpaired) electrons. The molecule has 8 N–H and O–H groups in total. The number of benzene rings is 1. The summed E-state index contributed by atoms with van der Waals surface area (Å²) in [7, 11) is 0. The number of nitrogens with one attached hydrogen (secondary N) is 3. The molecule has 212 valence electrons. The lowest BCUT2D eigenvalue weighted by molar-refractivity contribution is -0.143. The van der Waals surface area contributed by atoms with E-state index in [4.69, 9.17) is 10.8 Å². The number of aromatic hydroxyl groups is 1. The monoisotopic (exact) mass is 554 g/mol. The normalized spacial score (nSPS) is 14.8. The van der Waals surface area contributed by atoms with Crippen molar-refractivity contribution in [3.8, 4) is 5.75 Å². The first-order valence-corrected chi connectivity index (χ1v) is 13.7. The number of hydrogen-bond acceptors (Lipinski definition) is 8. The molecule has 3 amide bonds. The van der Waals surface area contributed by atoms with Crippen LogP contribution in [0.5, 0.6) is 5.75 Å². The Hall–Kier alpha value is -3.32. The minimum absolute atomic E-state index is 0.0299. The SMILES string of the molecule is CCC(C)C(N)C(=O)NC(Cc1ccc(O)cc1)C(=O)NC(CCSC)C(=O)NC(CCC(=O)O)C(=O)O. The van der Waals surface area contributed by atoms with Gasteiger partial charge in [0.15, 0.2) is 0 Å². The molecule has 5 atom stereocenters. The number of thioether (sulfide) groups is 1. The van der Waals surface area contributed by atoms with Crippen LogP contribution in [0.1, 0.15) is 45.1 Å². The lowest BCUT2D eigenvalue weighted by Gasteiger charge is -2.26. The summed E-state index contributed by atoms with van der Waals surface area (Å²) in [4.78, 5) is 61.4. The second-order valence-electron chi connectivity index (χ2n) is 9.02. The van der Waals surface area contributed by atoms with Crippen molar-refractivity contribution in [3.63, 3.8) is 0 Å². The van der Waals surface area contributed by atoms with Gasteiger partial charge in [-0.15, -0.1) is 0 Å². The van der Waals surface area contributed by atoms with Crippen LogP contribution < -0.4 is 21.7 Å². The van der Waals surface area contributed by atoms with E-state index in [1.165, 1.54) is 23.9 Å². The van der Waals surface area contributed by atoms with Crippen LogP contribution in [0.3, 0.4) is 0 Å². The molecule has 0 fully saturated rings. The van der Waals surface area contributed by atoms with Gasteiger partial charge in [0.25, 0.3) is 0 Å². The molecule has 1 aromatic carbocycles. The number of carbonyl (C=O) groups excluding carboxylic acids is 3. The van der Waals surface area contributed by atoms with Crippen molar-refractivity contribution in [1.29, 1.82) is 0 Å². The molecule has 0 aliphatic heterocycles. The number of rotatable bonds is 17. The molecule has 0 saturated carbocycles. The summed E-state index contributed by atoms with van der Waals surface area (Å²) in [5.74, 6) is -4.26. The topological polar surface area (TPSA) is 208 Å². The number of carboxylic acids is 2. The highest BCUT2D eigenvalue weighted by Crippen LogP contribution is 2.13. The van der Waals surface area contributed by atoms with Gasteiger partial charge >= 0.3 is 11.9 Å². The number of amides is 3. The van der Waals surface area contributed by atoms with Crippen LogP contribution in [0.25, 0.3) is 0 Å². The van der Waals surface area contributed by atoms with Gasteiger partial charge in [-0.05, 0) is 48.5 Å². The molecule has 13 heteroatoms. The molecular formula is C25H38N4O8S. The second kappa shape index (κ2) is 16.5. The Bertz CT molecular complexity index is 959. The summed E-state index contributed by atoms with van der Waals surface area (Å²) in [5, 5.41) is 35.4. The number of phenols is 1. The number of carbonyl (C=O) groups is 5. The lowest BCUT2D eigenvalue weighted by atomic mass is 9.98. The Labute approximate surface area is 226 Å². The lowest BCUT2D eigenvalue weighted by Crippen LogP contribution is -2.58. The van der Waals surface area contributed by atoms with Gasteiger partial charge in [0.1, 0.15) is 23.9 Å². The Balaban J connectivity index is 3.13. The standard InChI is InChI=1S/C25H38N4O8S/c1-4-14(2)21(26)24(35)29-19(13-15-5-7-16(30)8-6-15)23(34)27-17(11-12-38-3)22(33)28-18(25(36)37)9-10-20(31)32/h5-8,14,17-19,21,30H,4,9-13,26H2,1-3H3,(H,27,34)(H,28,33)(H,29,35)(H,31,32)(H,36,37). The highest BCUT2D eigenvalue weighted by atomic mass is 32.2. The van der Waals surface area contributed by atoms with E-state index < -0.39 is 60.2 Å². The van der Waals surface area contributed by atoms with Gasteiger partial charge in [0.2, 0.25) is 17.7 Å². The molecule has 0 spiro atoms. The number of aliphatic carboxylic acids is 2. The third-order valence-electron chi connectivity index (χ3n) is 6.07. The quantitative estimate of drug-likeness (QED) is 0.141. The number of carboxylic acid groups (broad SMARTS) is 2. The minimum Gasteiger partial charge on any atom is -0.508 e.